The van der Waals surface area contributed by atoms with Crippen LogP contribution >= 0.6 is 24.0 Å². The zero-order valence-electron chi connectivity index (χ0n) is 9.17. The van der Waals surface area contributed by atoms with E-state index in [2.05, 4.69) is 0 Å². The van der Waals surface area contributed by atoms with Gasteiger partial charge in [-0.3, -0.25) is 0 Å². The van der Waals surface area contributed by atoms with Gasteiger partial charge in [-0.05, 0) is 37.9 Å². The summed E-state index contributed by atoms with van der Waals surface area (Å²) in [4.78, 5) is 0. The average molecular weight is 267 g/mol. The highest BCUT2D eigenvalue weighted by atomic mass is 35.5. The summed E-state index contributed by atoms with van der Waals surface area (Å²) >= 11 is 5.92. The molecule has 0 saturated carbocycles. The second-order valence-corrected chi connectivity index (χ2v) is 4.04. The minimum atomic E-state index is -0.374. The van der Waals surface area contributed by atoms with Gasteiger partial charge in [0.2, 0.25) is 0 Å². The lowest BCUT2D eigenvalue weighted by molar-refractivity contribution is 0.548. The van der Waals surface area contributed by atoms with Crippen molar-refractivity contribution in [1.82, 2.24) is 0 Å². The van der Waals surface area contributed by atoms with Crippen molar-refractivity contribution in [3.63, 3.8) is 0 Å². The number of halogens is 3. The van der Waals surface area contributed by atoms with E-state index in [0.717, 1.165) is 6.42 Å². The van der Waals surface area contributed by atoms with E-state index in [1.54, 1.807) is 19.1 Å². The predicted octanol–water partition coefficient (Wildman–Crippen LogP) is 2.95. The summed E-state index contributed by atoms with van der Waals surface area (Å²) in [7, 11) is 0. The van der Waals surface area contributed by atoms with Crippen LogP contribution in [0.15, 0.2) is 12.1 Å². The highest BCUT2D eigenvalue weighted by Gasteiger charge is 2.16. The number of rotatable bonds is 4. The van der Waals surface area contributed by atoms with Crippen LogP contribution in [0.25, 0.3) is 0 Å². The second kappa shape index (κ2) is 7.07. The van der Waals surface area contributed by atoms with Gasteiger partial charge in [0.1, 0.15) is 5.82 Å². The lowest BCUT2D eigenvalue weighted by atomic mass is 10.00. The molecule has 0 fully saturated rings. The van der Waals surface area contributed by atoms with Crippen LogP contribution < -0.4 is 11.5 Å². The summed E-state index contributed by atoms with van der Waals surface area (Å²) in [6.45, 7) is 2.25. The summed E-state index contributed by atoms with van der Waals surface area (Å²) in [6.07, 6.45) is 1.42. The van der Waals surface area contributed by atoms with Crippen molar-refractivity contribution in [3.05, 3.63) is 34.1 Å². The Labute approximate surface area is 107 Å². The summed E-state index contributed by atoms with van der Waals surface area (Å²) in [5.41, 5.74) is 12.2. The Balaban J connectivity index is 0.00000225. The zero-order chi connectivity index (χ0) is 11.4. The zero-order valence-corrected chi connectivity index (χ0v) is 10.7. The van der Waals surface area contributed by atoms with Gasteiger partial charge >= 0.3 is 0 Å². The Morgan fingerprint density at radius 3 is 2.62 bits per heavy atom. The molecule has 0 aromatic heterocycles. The van der Waals surface area contributed by atoms with E-state index < -0.39 is 0 Å². The first-order valence-corrected chi connectivity index (χ1v) is 5.36. The van der Waals surface area contributed by atoms with Crippen LogP contribution in [0.1, 0.15) is 30.0 Å². The van der Waals surface area contributed by atoms with E-state index >= 15 is 0 Å². The SMILES string of the molecule is Cc1ccc(Cl)c([C@@H](N)CCCN)c1F.Cl. The molecule has 0 radical (unpaired) electrons. The van der Waals surface area contributed by atoms with Gasteiger partial charge in [-0.25, -0.2) is 4.39 Å². The largest absolute Gasteiger partial charge is 0.330 e. The fourth-order valence-corrected chi connectivity index (χ4v) is 1.79. The third kappa shape index (κ3) is 3.59. The van der Waals surface area contributed by atoms with Crippen molar-refractivity contribution in [2.45, 2.75) is 25.8 Å². The maximum Gasteiger partial charge on any atom is 0.132 e. The van der Waals surface area contributed by atoms with E-state index in [4.69, 9.17) is 23.1 Å². The lowest BCUT2D eigenvalue weighted by Crippen LogP contribution is -2.15. The van der Waals surface area contributed by atoms with Crippen molar-refractivity contribution in [2.75, 3.05) is 6.54 Å². The van der Waals surface area contributed by atoms with Gasteiger partial charge in [0.05, 0.1) is 0 Å². The number of hydrogen-bond acceptors (Lipinski definition) is 2. The van der Waals surface area contributed by atoms with Crippen LogP contribution in [-0.2, 0) is 0 Å². The summed E-state index contributed by atoms with van der Waals surface area (Å²) in [6, 6.07) is 2.95. The molecule has 0 aliphatic rings. The Kier molecular flexibility index (Phi) is 6.91. The summed E-state index contributed by atoms with van der Waals surface area (Å²) in [5.74, 6) is -0.299. The maximum atomic E-state index is 13.7. The Morgan fingerprint density at radius 1 is 1.44 bits per heavy atom. The number of hydrogen-bond donors (Lipinski definition) is 2. The molecule has 1 rings (SSSR count). The van der Waals surface area contributed by atoms with E-state index in [1.807, 2.05) is 0 Å². The average Bonchev–Trinajstić information content (AvgIpc) is 2.21. The first-order chi connectivity index (χ1) is 7.07. The molecule has 1 aromatic carbocycles. The highest BCUT2D eigenvalue weighted by molar-refractivity contribution is 6.31. The van der Waals surface area contributed by atoms with Crippen LogP contribution in [0.2, 0.25) is 5.02 Å². The van der Waals surface area contributed by atoms with E-state index in [0.29, 0.717) is 29.1 Å². The molecule has 0 saturated heterocycles. The first kappa shape index (κ1) is 15.7. The predicted molar refractivity (Wildman–Crippen MR) is 68.6 cm³/mol. The normalized spacial score (nSPS) is 12.1. The van der Waals surface area contributed by atoms with E-state index in [9.17, 15) is 4.39 Å². The van der Waals surface area contributed by atoms with Crippen molar-refractivity contribution in [1.29, 1.82) is 0 Å². The molecule has 1 aromatic rings. The summed E-state index contributed by atoms with van der Waals surface area (Å²) < 4.78 is 13.7. The molecule has 0 unspecified atom stereocenters. The monoisotopic (exact) mass is 266 g/mol. The topological polar surface area (TPSA) is 52.0 Å². The minimum Gasteiger partial charge on any atom is -0.330 e. The Bertz CT molecular complexity index is 345. The fourth-order valence-electron chi connectivity index (χ4n) is 1.50. The Hall–Kier alpha value is -0.350. The van der Waals surface area contributed by atoms with Crippen molar-refractivity contribution < 1.29 is 4.39 Å². The number of benzene rings is 1. The molecular formula is C11H17Cl2FN2. The van der Waals surface area contributed by atoms with Gasteiger partial charge in [-0.15, -0.1) is 12.4 Å². The third-order valence-corrected chi connectivity index (χ3v) is 2.74. The van der Waals surface area contributed by atoms with Crippen molar-refractivity contribution in [2.24, 2.45) is 11.5 Å². The molecule has 5 heteroatoms. The van der Waals surface area contributed by atoms with Crippen molar-refractivity contribution in [3.8, 4) is 0 Å². The van der Waals surface area contributed by atoms with Crippen LogP contribution in [0.4, 0.5) is 4.39 Å². The molecule has 0 heterocycles. The molecule has 2 nitrogen and oxygen atoms in total. The Morgan fingerprint density at radius 2 is 2.06 bits per heavy atom. The highest BCUT2D eigenvalue weighted by Crippen LogP contribution is 2.28. The van der Waals surface area contributed by atoms with Gasteiger partial charge < -0.3 is 11.5 Å². The molecule has 4 N–H and O–H groups in total. The second-order valence-electron chi connectivity index (χ2n) is 3.63. The molecule has 0 aliphatic carbocycles. The van der Waals surface area contributed by atoms with Crippen LogP contribution in [-0.4, -0.2) is 6.54 Å². The quantitative estimate of drug-likeness (QED) is 0.881. The number of aryl methyl sites for hydroxylation is 1. The van der Waals surface area contributed by atoms with Crippen LogP contribution in [0.5, 0.6) is 0 Å². The van der Waals surface area contributed by atoms with Gasteiger partial charge in [-0.2, -0.15) is 0 Å². The molecule has 0 amide bonds. The summed E-state index contributed by atoms with van der Waals surface area (Å²) in [5, 5.41) is 0.391. The lowest BCUT2D eigenvalue weighted by Gasteiger charge is -2.15. The number of nitrogens with two attached hydrogens (primary N) is 2. The maximum absolute atomic E-state index is 13.7. The molecular weight excluding hydrogens is 250 g/mol. The van der Waals surface area contributed by atoms with Crippen LogP contribution in [0.3, 0.4) is 0 Å². The van der Waals surface area contributed by atoms with Crippen LogP contribution in [0, 0.1) is 12.7 Å². The molecule has 16 heavy (non-hydrogen) atoms. The molecule has 0 spiro atoms. The smallest absolute Gasteiger partial charge is 0.132 e. The van der Waals surface area contributed by atoms with E-state index in [-0.39, 0.29) is 24.3 Å². The van der Waals surface area contributed by atoms with Gasteiger partial charge in [0.15, 0.2) is 0 Å². The van der Waals surface area contributed by atoms with E-state index in [1.165, 1.54) is 0 Å². The van der Waals surface area contributed by atoms with Gasteiger partial charge in [0.25, 0.3) is 0 Å². The van der Waals surface area contributed by atoms with Gasteiger partial charge in [-0.1, -0.05) is 17.7 Å². The van der Waals surface area contributed by atoms with Gasteiger partial charge in [0, 0.05) is 16.6 Å². The molecule has 92 valence electrons. The molecule has 0 aliphatic heterocycles. The standard InChI is InChI=1S/C11H16ClFN2.ClH/c1-7-4-5-8(12)10(11(7)13)9(15)3-2-6-14;/h4-5,9H,2-3,6,14-15H2,1H3;1H/t9-;/m0./s1. The third-order valence-electron chi connectivity index (χ3n) is 2.41. The fraction of sp³-hybridized carbons (Fsp3) is 0.455. The molecule has 0 bridgehead atoms. The van der Waals surface area contributed by atoms with Crippen molar-refractivity contribution >= 4 is 24.0 Å². The minimum absolute atomic E-state index is 0. The first-order valence-electron chi connectivity index (χ1n) is 4.98. The molecule has 1 atom stereocenters.